The number of pyridine rings is 1. The van der Waals surface area contributed by atoms with Crippen molar-refractivity contribution in [3.63, 3.8) is 0 Å². The number of alkyl halides is 2. The third-order valence-corrected chi connectivity index (χ3v) is 7.72. The van der Waals surface area contributed by atoms with Crippen molar-refractivity contribution < 1.29 is 32.3 Å². The van der Waals surface area contributed by atoms with Gasteiger partial charge in [0, 0.05) is 55.1 Å². The number of likely N-dealkylation sites (tertiary alicyclic amines) is 1. The number of halogens is 4. The third-order valence-electron chi connectivity index (χ3n) is 7.72. The maximum Gasteiger partial charge on any atom is 0.259 e. The number of rotatable bonds is 5. The first-order valence-electron chi connectivity index (χ1n) is 12.1. The number of benzene rings is 1. The van der Waals surface area contributed by atoms with E-state index in [2.05, 4.69) is 10.3 Å². The van der Waals surface area contributed by atoms with Crippen LogP contribution in [0.1, 0.15) is 49.7 Å². The van der Waals surface area contributed by atoms with Gasteiger partial charge in [0.05, 0.1) is 17.5 Å². The fourth-order valence-corrected chi connectivity index (χ4v) is 5.42. The zero-order chi connectivity index (χ0) is 26.5. The number of anilines is 1. The summed E-state index contributed by atoms with van der Waals surface area (Å²) >= 11 is 0. The highest BCUT2D eigenvalue weighted by atomic mass is 19.3. The smallest absolute Gasteiger partial charge is 0.259 e. The number of hydrogen-bond acceptors (Lipinski definition) is 4. The summed E-state index contributed by atoms with van der Waals surface area (Å²) in [5.41, 5.74) is -0.705. The minimum atomic E-state index is -3.00. The van der Waals surface area contributed by atoms with Crippen LogP contribution in [0.4, 0.5) is 23.4 Å². The fraction of sp³-hybridized carbons (Fsp3) is 0.423. The lowest BCUT2D eigenvalue weighted by atomic mass is 9.72. The summed E-state index contributed by atoms with van der Waals surface area (Å²) in [6.45, 7) is 3.11. The summed E-state index contributed by atoms with van der Waals surface area (Å²) in [5, 5.41) is 12.3. The van der Waals surface area contributed by atoms with Crippen LogP contribution in [-0.4, -0.2) is 50.6 Å². The zero-order valence-electron chi connectivity index (χ0n) is 20.5. The molecule has 4 heterocycles. The van der Waals surface area contributed by atoms with E-state index < -0.39 is 35.4 Å². The predicted octanol–water partition coefficient (Wildman–Crippen LogP) is 3.85. The van der Waals surface area contributed by atoms with Crippen LogP contribution in [0, 0.1) is 11.6 Å². The topological polar surface area (TPSA) is 74.3 Å². The van der Waals surface area contributed by atoms with Crippen molar-refractivity contribution in [1.29, 1.82) is 0 Å². The summed E-state index contributed by atoms with van der Waals surface area (Å²) in [6.07, 6.45) is 5.04. The van der Waals surface area contributed by atoms with Crippen LogP contribution in [0.25, 0.3) is 0 Å². The number of aromatic nitrogens is 3. The first kappa shape index (κ1) is 25.2. The largest absolute Gasteiger partial charge is 0.325 e. The normalized spacial score (nSPS) is 24.0. The molecular weight excluding hydrogens is 490 g/mol. The Morgan fingerprint density at radius 1 is 1.22 bits per heavy atom. The Balaban J connectivity index is 1.31. The molecule has 1 aromatic carbocycles. The number of carbonyl (C=O) groups excluding carboxylic acids is 1. The van der Waals surface area contributed by atoms with Gasteiger partial charge in [-0.2, -0.15) is 0 Å². The van der Waals surface area contributed by atoms with Gasteiger partial charge in [0.1, 0.15) is 17.5 Å². The van der Waals surface area contributed by atoms with Gasteiger partial charge in [0.15, 0.2) is 5.82 Å². The number of nitrogens with one attached hydrogen (secondary N) is 1. The van der Waals surface area contributed by atoms with Crippen LogP contribution in [0.2, 0.25) is 0 Å². The van der Waals surface area contributed by atoms with Crippen LogP contribution in [0.5, 0.6) is 0 Å². The lowest BCUT2D eigenvalue weighted by Crippen LogP contribution is -2.60. The van der Waals surface area contributed by atoms with Gasteiger partial charge in [-0.3, -0.25) is 14.9 Å². The van der Waals surface area contributed by atoms with Gasteiger partial charge in [0.25, 0.3) is 5.92 Å². The van der Waals surface area contributed by atoms with Gasteiger partial charge in [-0.05, 0) is 43.5 Å². The molecule has 0 radical (unpaired) electrons. The third kappa shape index (κ3) is 4.56. The van der Waals surface area contributed by atoms with Crippen molar-refractivity contribution in [2.24, 2.45) is 0 Å². The van der Waals surface area contributed by atoms with Gasteiger partial charge >= 0.3 is 0 Å². The number of amides is 1. The number of nitrogens with zero attached hydrogens (tertiary/aromatic N) is 4. The molecule has 2 N–H and O–H groups in total. The van der Waals surface area contributed by atoms with Gasteiger partial charge < -0.3 is 9.88 Å². The van der Waals surface area contributed by atoms with E-state index in [9.17, 15) is 18.8 Å². The molecule has 1 amide bonds. The van der Waals surface area contributed by atoms with Crippen LogP contribution < -0.4 is 10.0 Å². The SMILES string of the molecule is C[C@@H](C(=O)Nc1cn2c(n1)CC[C@@H]2c1cc(F)cc(F)c1)N1CCC(F)(F)[C@](C)(c2cc[n+](O)cc2)C1. The molecule has 2 aliphatic heterocycles. The van der Waals surface area contributed by atoms with E-state index in [0.717, 1.165) is 10.8 Å². The summed E-state index contributed by atoms with van der Waals surface area (Å²) in [6, 6.07) is 5.29. The van der Waals surface area contributed by atoms with Crippen LogP contribution in [-0.2, 0) is 16.6 Å². The lowest BCUT2D eigenvalue weighted by molar-refractivity contribution is -0.904. The Kier molecular flexibility index (Phi) is 6.21. The molecule has 3 atom stereocenters. The number of imidazole rings is 1. The summed E-state index contributed by atoms with van der Waals surface area (Å²) in [5.74, 6) is -3.72. The van der Waals surface area contributed by atoms with E-state index in [1.807, 2.05) is 0 Å². The number of fused-ring (bicyclic) bond motifs is 1. The van der Waals surface area contributed by atoms with Crippen molar-refractivity contribution >= 4 is 11.7 Å². The fourth-order valence-electron chi connectivity index (χ4n) is 5.42. The van der Waals surface area contributed by atoms with Crippen LogP contribution >= 0.6 is 0 Å². The minimum absolute atomic E-state index is 0.0386. The summed E-state index contributed by atoms with van der Waals surface area (Å²) < 4.78 is 60.3. The molecule has 7 nitrogen and oxygen atoms in total. The summed E-state index contributed by atoms with van der Waals surface area (Å²) in [4.78, 5) is 19.3. The Morgan fingerprint density at radius 2 is 1.89 bits per heavy atom. The second-order valence-electron chi connectivity index (χ2n) is 10.1. The van der Waals surface area contributed by atoms with Crippen molar-refractivity contribution in [3.05, 3.63) is 77.5 Å². The second-order valence-corrected chi connectivity index (χ2v) is 10.1. The molecule has 37 heavy (non-hydrogen) atoms. The molecule has 0 saturated carbocycles. The van der Waals surface area contributed by atoms with E-state index in [0.29, 0.717) is 35.6 Å². The van der Waals surface area contributed by atoms with Crippen LogP contribution in [0.15, 0.2) is 48.9 Å². The Hall–Kier alpha value is -3.47. The number of piperidine rings is 1. The molecule has 2 aromatic heterocycles. The highest BCUT2D eigenvalue weighted by Gasteiger charge is 2.55. The van der Waals surface area contributed by atoms with Gasteiger partial charge in [-0.15, -0.1) is 0 Å². The van der Waals surface area contributed by atoms with Gasteiger partial charge in [-0.1, -0.05) is 0 Å². The molecule has 196 valence electrons. The van der Waals surface area contributed by atoms with E-state index in [-0.39, 0.29) is 25.0 Å². The molecule has 1 fully saturated rings. The second kappa shape index (κ2) is 9.13. The maximum atomic E-state index is 15.1. The van der Waals surface area contributed by atoms with Crippen molar-refractivity contribution in [3.8, 4) is 0 Å². The average Bonchev–Trinajstić information content (AvgIpc) is 3.40. The highest BCUT2D eigenvalue weighted by molar-refractivity contribution is 5.93. The molecular formula is C26H28F4N5O2+. The van der Waals surface area contributed by atoms with Crippen molar-refractivity contribution in [2.45, 2.75) is 56.5 Å². The first-order chi connectivity index (χ1) is 17.5. The Morgan fingerprint density at radius 3 is 2.57 bits per heavy atom. The molecule has 0 spiro atoms. The minimum Gasteiger partial charge on any atom is -0.325 e. The van der Waals surface area contributed by atoms with Crippen molar-refractivity contribution in [2.75, 3.05) is 18.4 Å². The van der Waals surface area contributed by atoms with Crippen LogP contribution in [0.3, 0.4) is 0 Å². The van der Waals surface area contributed by atoms with E-state index >= 15 is 8.78 Å². The maximum absolute atomic E-state index is 15.1. The summed E-state index contributed by atoms with van der Waals surface area (Å²) in [7, 11) is 0. The molecule has 0 bridgehead atoms. The quantitative estimate of drug-likeness (QED) is 0.306. The monoisotopic (exact) mass is 518 g/mol. The molecule has 0 unspecified atom stereocenters. The number of hydrogen-bond donors (Lipinski definition) is 2. The van der Waals surface area contributed by atoms with Gasteiger partial charge in [-0.25, -0.2) is 22.5 Å². The van der Waals surface area contributed by atoms with E-state index in [1.54, 1.807) is 22.6 Å². The van der Waals surface area contributed by atoms with Gasteiger partial charge in [0.2, 0.25) is 18.3 Å². The molecule has 0 aliphatic carbocycles. The molecule has 2 aliphatic rings. The average molecular weight is 519 g/mol. The lowest BCUT2D eigenvalue weighted by Gasteiger charge is -2.47. The number of aryl methyl sites for hydroxylation is 1. The van der Waals surface area contributed by atoms with E-state index in [4.69, 9.17) is 0 Å². The van der Waals surface area contributed by atoms with E-state index in [1.165, 1.54) is 43.6 Å². The highest BCUT2D eigenvalue weighted by Crippen LogP contribution is 2.45. The number of carbonyl (C=O) groups is 1. The van der Waals surface area contributed by atoms with Crippen molar-refractivity contribution in [1.82, 2.24) is 14.5 Å². The standard InChI is InChI=1S/C26H27F4N5O2/c1-16(33-10-7-26(29,30)25(2,15-33)18-5-8-34(37)9-6-18)24(36)32-22-14-35-21(3-4-23(35)31-22)17-11-19(27)13-20(28)12-17/h5-6,8-9,11-14,16,21H,3-4,7,10,15H2,1-2H3,(H-,32,36,37)/p+1/t16-,21+,25-/m0/s1. The zero-order valence-corrected chi connectivity index (χ0v) is 20.5. The predicted molar refractivity (Wildman–Crippen MR) is 125 cm³/mol. The molecule has 3 aromatic rings. The molecule has 1 saturated heterocycles. The molecule has 11 heteroatoms. The Labute approximate surface area is 211 Å². The molecule has 5 rings (SSSR count). The first-order valence-corrected chi connectivity index (χ1v) is 12.1. The Bertz CT molecular complexity index is 1310.